The molecule has 0 bridgehead atoms. The van der Waals surface area contributed by atoms with Gasteiger partial charge in [-0.3, -0.25) is 0 Å². The third kappa shape index (κ3) is 122. The highest BCUT2D eigenvalue weighted by Gasteiger charge is 1.93. The summed E-state index contributed by atoms with van der Waals surface area (Å²) in [5, 5.41) is 7.10. The summed E-state index contributed by atoms with van der Waals surface area (Å²) in [5.41, 5.74) is 4.15. The van der Waals surface area contributed by atoms with Gasteiger partial charge in [0.2, 0.25) is 0 Å². The lowest BCUT2D eigenvalue weighted by Gasteiger charge is -1.34. The number of hydrogen-bond donors (Lipinski definition) is 3. The topological polar surface area (TPSA) is 107 Å². The molecule has 6 heteroatoms. The molecule has 0 aliphatic heterocycles. The maximum Gasteiger partial charge on any atom is 0.692 e. The smallest absolute Gasteiger partial charge is 0.337 e. The number of hydrogen-bond acceptors (Lipinski definition) is 3. The molecule has 0 amide bonds. The van der Waals surface area contributed by atoms with Crippen LogP contribution < -0.4 is 5.73 Å². The van der Waals surface area contributed by atoms with Gasteiger partial charge in [0.1, 0.15) is 0 Å². The van der Waals surface area contributed by atoms with Crippen molar-refractivity contribution in [1.29, 1.82) is 5.26 Å². The number of nitrogens with zero attached hydrogens (tertiary/aromatic N) is 1. The zero-order valence-electron chi connectivity index (χ0n) is 3.27. The average Bonchev–Trinajstić information content (AvgIpc) is 1.33. The van der Waals surface area contributed by atoms with Crippen LogP contribution in [-0.2, 0) is 4.57 Å². The second-order valence-electron chi connectivity index (χ2n) is 0.382. The first-order valence-corrected chi connectivity index (χ1v) is 2.26. The highest BCUT2D eigenvalue weighted by molar-refractivity contribution is 7.30. The van der Waals surface area contributed by atoms with Crippen LogP contribution in [0.15, 0.2) is 0 Å². The van der Waals surface area contributed by atoms with E-state index in [-0.39, 0.29) is 0 Å². The Balaban J connectivity index is 0. The van der Waals surface area contributed by atoms with Gasteiger partial charge >= 0.3 is 8.25 Å². The highest BCUT2D eigenvalue weighted by Crippen LogP contribution is 1.98. The summed E-state index contributed by atoms with van der Waals surface area (Å²) in [4.78, 5) is 14.2. The quantitative estimate of drug-likeness (QED) is 0.219. The largest absolute Gasteiger partial charge is 0.692 e. The third-order valence-corrected chi connectivity index (χ3v) is 0. The van der Waals surface area contributed by atoms with E-state index in [2.05, 4.69) is 5.73 Å². The molecule has 0 aliphatic carbocycles. The Labute approximate surface area is 40.9 Å². The first-order valence-electron chi connectivity index (χ1n) is 1.09. The van der Waals surface area contributed by atoms with Gasteiger partial charge < -0.3 is 5.73 Å². The summed E-state index contributed by atoms with van der Waals surface area (Å²) in [5.74, 6) is 0. The molecule has 7 heavy (non-hydrogen) atoms. The van der Waals surface area contributed by atoms with E-state index >= 15 is 0 Å². The molecular formula is CH4N2O3P+. The van der Waals surface area contributed by atoms with Crippen LogP contribution in [0.25, 0.3) is 0 Å². The molecule has 0 saturated carbocycles. The molecular weight excluding hydrogens is 119 g/mol. The molecule has 0 aliphatic rings. The van der Waals surface area contributed by atoms with Crippen LogP contribution in [0.3, 0.4) is 0 Å². The Morgan fingerprint density at radius 3 is 1.71 bits per heavy atom. The van der Waals surface area contributed by atoms with Crippen molar-refractivity contribution in [3.05, 3.63) is 0 Å². The third-order valence-electron chi connectivity index (χ3n) is 0. The van der Waals surface area contributed by atoms with Gasteiger partial charge in [-0.1, -0.05) is 0 Å². The van der Waals surface area contributed by atoms with Crippen LogP contribution in [0.4, 0.5) is 0 Å². The minimum absolute atomic E-state index is 1.25. The van der Waals surface area contributed by atoms with E-state index in [0.717, 1.165) is 0 Å². The van der Waals surface area contributed by atoms with E-state index in [9.17, 15) is 0 Å². The van der Waals surface area contributed by atoms with Gasteiger partial charge in [-0.2, -0.15) is 5.26 Å². The fraction of sp³-hybridized carbons (Fsp3) is 0. The summed E-state index contributed by atoms with van der Waals surface area (Å²) in [7, 11) is -2.87. The van der Waals surface area contributed by atoms with Crippen molar-refractivity contribution in [2.24, 2.45) is 5.73 Å². The van der Waals surface area contributed by atoms with Gasteiger partial charge in [0.25, 0.3) is 0 Å². The molecule has 0 fully saturated rings. The fourth-order valence-corrected chi connectivity index (χ4v) is 0. The molecule has 0 heterocycles. The number of nitrogens with two attached hydrogens (primary N) is 1. The number of rotatable bonds is 0. The zero-order valence-corrected chi connectivity index (χ0v) is 4.17. The van der Waals surface area contributed by atoms with Crippen LogP contribution in [0, 0.1) is 11.5 Å². The first-order chi connectivity index (χ1) is 3.15. The second kappa shape index (κ2) is 9.00. The summed E-state index contributed by atoms with van der Waals surface area (Å²) >= 11 is 0. The van der Waals surface area contributed by atoms with Gasteiger partial charge in [0.15, 0.2) is 6.19 Å². The van der Waals surface area contributed by atoms with Crippen LogP contribution in [-0.4, -0.2) is 9.79 Å². The Morgan fingerprint density at radius 2 is 1.71 bits per heavy atom. The molecule has 4 N–H and O–H groups in total. The Hall–Kier alpha value is -0.690. The molecule has 5 nitrogen and oxygen atoms in total. The van der Waals surface area contributed by atoms with Crippen molar-refractivity contribution in [3.63, 3.8) is 0 Å². The van der Waals surface area contributed by atoms with Crippen LogP contribution in [0.1, 0.15) is 0 Å². The van der Waals surface area contributed by atoms with Crippen molar-refractivity contribution in [2.75, 3.05) is 0 Å². The Bertz CT molecular complexity index is 81.4. The van der Waals surface area contributed by atoms with Gasteiger partial charge in [-0.05, 0) is 0 Å². The fourth-order valence-electron chi connectivity index (χ4n) is 0. The molecule has 0 unspecified atom stereocenters. The molecule has 0 rings (SSSR count). The van der Waals surface area contributed by atoms with E-state index in [1.54, 1.807) is 0 Å². The van der Waals surface area contributed by atoms with E-state index in [4.69, 9.17) is 19.6 Å². The first kappa shape index (κ1) is 9.58. The van der Waals surface area contributed by atoms with Gasteiger partial charge in [0, 0.05) is 4.57 Å². The summed E-state index contributed by atoms with van der Waals surface area (Å²) in [6, 6.07) is 0. The van der Waals surface area contributed by atoms with Crippen LogP contribution in [0.2, 0.25) is 0 Å². The summed E-state index contributed by atoms with van der Waals surface area (Å²) in [6.07, 6.45) is 1.25. The van der Waals surface area contributed by atoms with Crippen molar-refractivity contribution in [2.45, 2.75) is 0 Å². The molecule has 0 spiro atoms. The van der Waals surface area contributed by atoms with Crippen molar-refractivity contribution < 1.29 is 14.4 Å². The van der Waals surface area contributed by atoms with Gasteiger partial charge in [-0.25, -0.2) is 0 Å². The van der Waals surface area contributed by atoms with E-state index in [0.29, 0.717) is 0 Å². The lowest BCUT2D eigenvalue weighted by Crippen LogP contribution is -1.69. The molecule has 40 valence electrons. The lowest BCUT2D eigenvalue weighted by molar-refractivity contribution is 0.405. The molecule has 0 aromatic rings. The van der Waals surface area contributed by atoms with Gasteiger partial charge in [-0.15, -0.1) is 9.79 Å². The maximum atomic E-state index is 8.70. The second-order valence-corrected chi connectivity index (χ2v) is 0.887. The minimum Gasteiger partial charge on any atom is -0.337 e. The SMILES string of the molecule is N#CN.O=[P+](O)O. The van der Waals surface area contributed by atoms with Crippen LogP contribution in [0.5, 0.6) is 0 Å². The van der Waals surface area contributed by atoms with Gasteiger partial charge in [0.05, 0.1) is 0 Å². The molecule has 0 atom stereocenters. The minimum atomic E-state index is -2.87. The van der Waals surface area contributed by atoms with Crippen molar-refractivity contribution in [3.8, 4) is 6.19 Å². The summed E-state index contributed by atoms with van der Waals surface area (Å²) in [6.45, 7) is 0. The zero-order chi connectivity index (χ0) is 6.28. The van der Waals surface area contributed by atoms with E-state index in [1.165, 1.54) is 6.19 Å². The average molecular weight is 123 g/mol. The molecule has 0 radical (unpaired) electrons. The Kier molecular flexibility index (Phi) is 12.3. The van der Waals surface area contributed by atoms with Crippen molar-refractivity contribution >= 4 is 8.25 Å². The molecule has 0 aromatic heterocycles. The molecule has 0 saturated heterocycles. The van der Waals surface area contributed by atoms with E-state index in [1.807, 2.05) is 0 Å². The predicted molar refractivity (Wildman–Crippen MR) is 21.8 cm³/mol. The monoisotopic (exact) mass is 123 g/mol. The number of nitriles is 1. The predicted octanol–water partition coefficient (Wildman–Crippen LogP) is -0.945. The normalized spacial score (nSPS) is 4.71. The lowest BCUT2D eigenvalue weighted by atomic mass is 11.5. The van der Waals surface area contributed by atoms with E-state index < -0.39 is 8.25 Å². The van der Waals surface area contributed by atoms with Crippen LogP contribution >= 0.6 is 8.25 Å². The standard InChI is InChI=1S/CH2N2.HO3P/c2-1-3;1-4(2)3/h2H2;(H-,1,2,3)/p+1. The van der Waals surface area contributed by atoms with Crippen molar-refractivity contribution in [1.82, 2.24) is 0 Å². The highest BCUT2D eigenvalue weighted by atomic mass is 31.1. The maximum absolute atomic E-state index is 8.70. The summed E-state index contributed by atoms with van der Waals surface area (Å²) < 4.78 is 8.70. The molecule has 0 aromatic carbocycles. The Morgan fingerprint density at radius 1 is 1.71 bits per heavy atom.